The van der Waals surface area contributed by atoms with Crippen LogP contribution in [-0.4, -0.2) is 34.5 Å². The van der Waals surface area contributed by atoms with Crippen LogP contribution in [0.5, 0.6) is 0 Å². The number of rotatable bonds is 7. The van der Waals surface area contributed by atoms with E-state index in [1.165, 1.54) is 37.6 Å². The number of amides is 1. The molecule has 1 heterocycles. The van der Waals surface area contributed by atoms with E-state index >= 15 is 0 Å². The highest BCUT2D eigenvalue weighted by atomic mass is 32.2. The van der Waals surface area contributed by atoms with Crippen molar-refractivity contribution in [3.05, 3.63) is 59.0 Å². The van der Waals surface area contributed by atoms with Gasteiger partial charge in [-0.2, -0.15) is 0 Å². The van der Waals surface area contributed by atoms with Crippen molar-refractivity contribution in [1.29, 1.82) is 0 Å². The van der Waals surface area contributed by atoms with Crippen LogP contribution in [0.1, 0.15) is 21.7 Å². The predicted molar refractivity (Wildman–Crippen MR) is 113 cm³/mol. The first kappa shape index (κ1) is 21.0. The highest BCUT2D eigenvalue weighted by molar-refractivity contribution is 7.89. The van der Waals surface area contributed by atoms with Gasteiger partial charge in [-0.25, -0.2) is 17.9 Å². The smallest absolute Gasteiger partial charge is 0.348 e. The number of hydrogen-bond acceptors (Lipinski definition) is 6. The maximum atomic E-state index is 12.3. The average molecular weight is 433 g/mol. The van der Waals surface area contributed by atoms with Gasteiger partial charge in [-0.3, -0.25) is 4.79 Å². The van der Waals surface area contributed by atoms with Crippen molar-refractivity contribution in [3.8, 4) is 0 Å². The number of aryl methyl sites for hydroxylation is 1. The van der Waals surface area contributed by atoms with E-state index in [0.29, 0.717) is 17.0 Å². The lowest BCUT2D eigenvalue weighted by molar-refractivity contribution is -0.116. The van der Waals surface area contributed by atoms with E-state index in [0.717, 1.165) is 15.6 Å². The number of carbonyl (C=O) groups is 2. The zero-order valence-electron chi connectivity index (χ0n) is 15.9. The molecule has 2 aromatic carbocycles. The quantitative estimate of drug-likeness (QED) is 0.559. The fourth-order valence-corrected chi connectivity index (χ4v) is 4.45. The number of methoxy groups -OCH3 is 1. The summed E-state index contributed by atoms with van der Waals surface area (Å²) in [6, 6.07) is 13.6. The Morgan fingerprint density at radius 2 is 1.79 bits per heavy atom. The molecule has 0 saturated heterocycles. The molecule has 0 radical (unpaired) electrons. The molecule has 0 aliphatic rings. The van der Waals surface area contributed by atoms with Gasteiger partial charge < -0.3 is 10.1 Å². The summed E-state index contributed by atoms with van der Waals surface area (Å²) in [5.74, 6) is -0.537. The van der Waals surface area contributed by atoms with Crippen molar-refractivity contribution in [2.45, 2.75) is 17.7 Å². The van der Waals surface area contributed by atoms with Gasteiger partial charge in [0.1, 0.15) is 4.88 Å². The number of carbonyl (C=O) groups excluding carboxylic acids is 2. The number of ether oxygens (including phenoxy) is 1. The minimum atomic E-state index is -3.47. The molecule has 29 heavy (non-hydrogen) atoms. The van der Waals surface area contributed by atoms with Gasteiger partial charge in [-0.05, 0) is 60.8 Å². The second kappa shape index (κ2) is 8.73. The van der Waals surface area contributed by atoms with E-state index < -0.39 is 10.0 Å². The number of thiophene rings is 1. The molecule has 9 heteroatoms. The number of fused-ring (bicyclic) bond motifs is 1. The van der Waals surface area contributed by atoms with E-state index in [9.17, 15) is 18.0 Å². The summed E-state index contributed by atoms with van der Waals surface area (Å²) in [5.41, 5.74) is 1.51. The minimum Gasteiger partial charge on any atom is -0.465 e. The molecule has 0 bridgehead atoms. The summed E-state index contributed by atoms with van der Waals surface area (Å²) >= 11 is 1.33. The highest BCUT2D eigenvalue weighted by Crippen LogP contribution is 2.28. The molecule has 0 fully saturated rings. The minimum absolute atomic E-state index is 0.153. The molecule has 152 valence electrons. The van der Waals surface area contributed by atoms with Gasteiger partial charge in [-0.15, -0.1) is 11.3 Å². The van der Waals surface area contributed by atoms with Crippen LogP contribution in [0.4, 0.5) is 5.69 Å². The molecule has 0 unspecified atom stereocenters. The number of hydrogen-bond donors (Lipinski definition) is 2. The van der Waals surface area contributed by atoms with Gasteiger partial charge in [0.25, 0.3) is 0 Å². The largest absolute Gasteiger partial charge is 0.465 e. The lowest BCUT2D eigenvalue weighted by Crippen LogP contribution is -2.18. The Labute approximate surface area is 172 Å². The predicted octanol–water partition coefficient (Wildman–Crippen LogP) is 3.17. The molecule has 2 N–H and O–H groups in total. The van der Waals surface area contributed by atoms with Crippen molar-refractivity contribution >= 4 is 49.0 Å². The van der Waals surface area contributed by atoms with Gasteiger partial charge in [-0.1, -0.05) is 12.1 Å². The Morgan fingerprint density at radius 1 is 1.07 bits per heavy atom. The van der Waals surface area contributed by atoms with Crippen LogP contribution >= 0.6 is 11.3 Å². The monoisotopic (exact) mass is 432 g/mol. The Kier molecular flexibility index (Phi) is 6.31. The molecule has 0 spiro atoms. The Morgan fingerprint density at radius 3 is 2.45 bits per heavy atom. The summed E-state index contributed by atoms with van der Waals surface area (Å²) in [5, 5.41) is 3.70. The van der Waals surface area contributed by atoms with Crippen LogP contribution in [0.2, 0.25) is 0 Å². The number of benzene rings is 2. The van der Waals surface area contributed by atoms with Crippen LogP contribution in [0, 0.1) is 0 Å². The topological polar surface area (TPSA) is 102 Å². The first-order valence-corrected chi connectivity index (χ1v) is 11.1. The summed E-state index contributed by atoms with van der Waals surface area (Å²) in [4.78, 5) is 24.6. The third-order valence-electron chi connectivity index (χ3n) is 4.33. The molecule has 1 amide bonds. The van der Waals surface area contributed by atoms with Crippen LogP contribution in [0.25, 0.3) is 10.1 Å². The first-order chi connectivity index (χ1) is 13.8. The number of esters is 1. The Balaban J connectivity index is 1.61. The van der Waals surface area contributed by atoms with Gasteiger partial charge in [0.05, 0.1) is 12.0 Å². The Bertz CT molecular complexity index is 1150. The van der Waals surface area contributed by atoms with Gasteiger partial charge in [0.15, 0.2) is 0 Å². The molecule has 0 aliphatic carbocycles. The maximum Gasteiger partial charge on any atom is 0.348 e. The van der Waals surface area contributed by atoms with E-state index in [2.05, 4.69) is 10.0 Å². The molecular formula is C20H20N2O5S2. The third kappa shape index (κ3) is 5.00. The molecule has 0 aliphatic heterocycles. The van der Waals surface area contributed by atoms with Gasteiger partial charge in [0, 0.05) is 16.8 Å². The molecule has 0 atom stereocenters. The molecule has 7 nitrogen and oxygen atoms in total. The van der Waals surface area contributed by atoms with E-state index in [1.54, 1.807) is 24.3 Å². The van der Waals surface area contributed by atoms with Gasteiger partial charge >= 0.3 is 5.97 Å². The van der Waals surface area contributed by atoms with E-state index in [-0.39, 0.29) is 23.2 Å². The van der Waals surface area contributed by atoms with Crippen LogP contribution in [0.15, 0.2) is 53.4 Å². The number of anilines is 1. The van der Waals surface area contributed by atoms with Crippen LogP contribution in [0.3, 0.4) is 0 Å². The molecule has 0 saturated carbocycles. The van der Waals surface area contributed by atoms with Crippen molar-refractivity contribution < 1.29 is 22.7 Å². The first-order valence-electron chi connectivity index (χ1n) is 8.76. The van der Waals surface area contributed by atoms with E-state index in [1.807, 2.05) is 12.1 Å². The second-order valence-corrected chi connectivity index (χ2v) is 9.22. The molecule has 3 rings (SSSR count). The standard InChI is InChI=1S/C20H20N2O5S2/c1-21-29(25,26)16-7-3-13(4-8-16)5-10-19(23)22-15-6-9-17-14(11-15)12-18(28-17)20(24)27-2/h3-4,6-9,11-12,21H,5,10H2,1-2H3,(H,22,23). The summed E-state index contributed by atoms with van der Waals surface area (Å²) in [7, 11) is -0.771. The average Bonchev–Trinajstić information content (AvgIpc) is 3.15. The summed E-state index contributed by atoms with van der Waals surface area (Å²) in [6.45, 7) is 0. The highest BCUT2D eigenvalue weighted by Gasteiger charge is 2.12. The molecule has 1 aromatic heterocycles. The van der Waals surface area contributed by atoms with Crippen molar-refractivity contribution in [2.24, 2.45) is 0 Å². The lowest BCUT2D eigenvalue weighted by atomic mass is 10.1. The molecule has 3 aromatic rings. The van der Waals surface area contributed by atoms with Crippen LogP contribution in [-0.2, 0) is 26.0 Å². The summed E-state index contributed by atoms with van der Waals surface area (Å²) in [6.07, 6.45) is 0.742. The Hall–Kier alpha value is -2.75. The number of sulfonamides is 1. The maximum absolute atomic E-state index is 12.3. The third-order valence-corrected chi connectivity index (χ3v) is 6.86. The summed E-state index contributed by atoms with van der Waals surface area (Å²) < 4.78 is 31.4. The lowest BCUT2D eigenvalue weighted by Gasteiger charge is -2.07. The fraction of sp³-hybridized carbons (Fsp3) is 0.200. The van der Waals surface area contributed by atoms with Crippen LogP contribution < -0.4 is 10.0 Å². The van der Waals surface area contributed by atoms with Crippen molar-refractivity contribution in [2.75, 3.05) is 19.5 Å². The van der Waals surface area contributed by atoms with Gasteiger partial charge in [0.2, 0.25) is 15.9 Å². The zero-order chi connectivity index (χ0) is 21.0. The number of nitrogens with one attached hydrogen (secondary N) is 2. The van der Waals surface area contributed by atoms with Crippen molar-refractivity contribution in [3.63, 3.8) is 0 Å². The second-order valence-electron chi connectivity index (χ2n) is 6.25. The van der Waals surface area contributed by atoms with E-state index in [4.69, 9.17) is 4.74 Å². The fourth-order valence-electron chi connectivity index (χ4n) is 2.76. The molecular weight excluding hydrogens is 412 g/mol. The van der Waals surface area contributed by atoms with Crippen molar-refractivity contribution in [1.82, 2.24) is 4.72 Å². The SMILES string of the molecule is CNS(=O)(=O)c1ccc(CCC(=O)Nc2ccc3sc(C(=O)OC)cc3c2)cc1. The normalized spacial score (nSPS) is 11.4. The zero-order valence-corrected chi connectivity index (χ0v) is 17.5.